The normalized spacial score (nSPS) is 19.4. The summed E-state index contributed by atoms with van der Waals surface area (Å²) in [5, 5.41) is 7.72. The highest BCUT2D eigenvalue weighted by Gasteiger charge is 2.50. The number of aryl methyl sites for hydroxylation is 1. The second-order valence-electron chi connectivity index (χ2n) is 8.93. The molecule has 8 nitrogen and oxygen atoms in total. The molecule has 2 N–H and O–H groups in total. The summed E-state index contributed by atoms with van der Waals surface area (Å²) >= 11 is 1.35. The van der Waals surface area contributed by atoms with Crippen LogP contribution in [0.25, 0.3) is 10.8 Å². The van der Waals surface area contributed by atoms with Crippen LogP contribution in [0.15, 0.2) is 42.5 Å². The van der Waals surface area contributed by atoms with E-state index in [0.717, 1.165) is 51.8 Å². The summed E-state index contributed by atoms with van der Waals surface area (Å²) in [7, 11) is 1.31. The summed E-state index contributed by atoms with van der Waals surface area (Å²) in [6, 6.07) is 12.6. The minimum absolute atomic E-state index is 0.373. The molecule has 0 bridgehead atoms. The van der Waals surface area contributed by atoms with Gasteiger partial charge in [0.15, 0.2) is 0 Å². The fourth-order valence-corrected chi connectivity index (χ4v) is 6.26. The van der Waals surface area contributed by atoms with Crippen LogP contribution in [-0.2, 0) is 32.7 Å². The molecule has 1 fully saturated rings. The molecule has 0 saturated carbocycles. The van der Waals surface area contributed by atoms with Crippen LogP contribution < -0.4 is 10.6 Å². The number of carbonyl (C=O) groups excluding carboxylic acids is 4. The van der Waals surface area contributed by atoms with E-state index in [1.807, 2.05) is 42.5 Å². The van der Waals surface area contributed by atoms with Crippen LogP contribution in [0.5, 0.6) is 0 Å². The van der Waals surface area contributed by atoms with Crippen LogP contribution in [0.3, 0.4) is 0 Å². The summed E-state index contributed by atoms with van der Waals surface area (Å²) < 4.78 is 4.95. The molecule has 1 aromatic heterocycles. The summed E-state index contributed by atoms with van der Waals surface area (Å²) in [6.45, 7) is 1.18. The Hall–Kier alpha value is -3.72. The molecular weight excluding hydrogens is 466 g/mol. The number of methoxy groups -OCH3 is 1. The number of carbonyl (C=O) groups is 4. The number of rotatable bonds is 5. The van der Waals surface area contributed by atoms with Crippen molar-refractivity contribution < 1.29 is 23.9 Å². The molecule has 1 aliphatic carbocycles. The fraction of sp³-hybridized carbons (Fsp3) is 0.308. The van der Waals surface area contributed by atoms with Gasteiger partial charge in [-0.05, 0) is 54.5 Å². The first-order chi connectivity index (χ1) is 16.8. The molecular formula is C26H25N3O5S. The molecule has 3 aromatic rings. The number of thiophene rings is 1. The third-order valence-corrected chi connectivity index (χ3v) is 7.93. The number of fused-ring (bicyclic) bond motifs is 2. The maximum absolute atomic E-state index is 13.4. The van der Waals surface area contributed by atoms with Gasteiger partial charge >= 0.3 is 12.0 Å². The molecule has 0 radical (unpaired) electrons. The van der Waals surface area contributed by atoms with E-state index in [1.165, 1.54) is 18.4 Å². The predicted molar refractivity (Wildman–Crippen MR) is 132 cm³/mol. The monoisotopic (exact) mass is 491 g/mol. The topological polar surface area (TPSA) is 105 Å². The van der Waals surface area contributed by atoms with E-state index in [1.54, 1.807) is 6.92 Å². The number of benzene rings is 2. The number of hydrogen-bond donors (Lipinski definition) is 2. The lowest BCUT2D eigenvalue weighted by atomic mass is 9.88. The van der Waals surface area contributed by atoms with Crippen molar-refractivity contribution in [3.63, 3.8) is 0 Å². The molecule has 1 unspecified atom stereocenters. The van der Waals surface area contributed by atoms with Gasteiger partial charge in [0.05, 0.1) is 12.7 Å². The van der Waals surface area contributed by atoms with Crippen LogP contribution in [0.4, 0.5) is 9.80 Å². The van der Waals surface area contributed by atoms with E-state index >= 15 is 0 Å². The zero-order valence-electron chi connectivity index (χ0n) is 19.5. The van der Waals surface area contributed by atoms with Crippen molar-refractivity contribution in [3.05, 3.63) is 64.0 Å². The van der Waals surface area contributed by atoms with E-state index in [4.69, 9.17) is 4.74 Å². The number of amides is 4. The minimum Gasteiger partial charge on any atom is -0.465 e. The summed E-state index contributed by atoms with van der Waals surface area (Å²) in [5.41, 5.74) is 0.647. The highest BCUT2D eigenvalue weighted by molar-refractivity contribution is 7.17. The van der Waals surface area contributed by atoms with E-state index < -0.39 is 35.9 Å². The van der Waals surface area contributed by atoms with Crippen LogP contribution >= 0.6 is 11.3 Å². The van der Waals surface area contributed by atoms with Crippen molar-refractivity contribution >= 4 is 50.9 Å². The van der Waals surface area contributed by atoms with Gasteiger partial charge in [0.2, 0.25) is 5.91 Å². The van der Waals surface area contributed by atoms with Crippen LogP contribution in [0.1, 0.15) is 46.1 Å². The Morgan fingerprint density at radius 3 is 2.66 bits per heavy atom. The Morgan fingerprint density at radius 1 is 1.11 bits per heavy atom. The SMILES string of the molecule is COC(=O)c1c(NC(=O)CN2C(=O)NC(C)(c3cccc4ccccc34)C2=O)sc2c1CCCC2. The van der Waals surface area contributed by atoms with Gasteiger partial charge in [-0.1, -0.05) is 42.5 Å². The van der Waals surface area contributed by atoms with Gasteiger partial charge in [0.25, 0.3) is 5.91 Å². The zero-order valence-corrected chi connectivity index (χ0v) is 20.3. The third-order valence-electron chi connectivity index (χ3n) is 6.72. The first-order valence-electron chi connectivity index (χ1n) is 11.5. The maximum Gasteiger partial charge on any atom is 0.341 e. The molecule has 1 aliphatic heterocycles. The first-order valence-corrected chi connectivity index (χ1v) is 12.3. The summed E-state index contributed by atoms with van der Waals surface area (Å²) in [5.74, 6) is -1.56. The van der Waals surface area contributed by atoms with Crippen molar-refractivity contribution in [3.8, 4) is 0 Å². The van der Waals surface area contributed by atoms with Gasteiger partial charge in [-0.3, -0.25) is 14.5 Å². The molecule has 2 aliphatic rings. The van der Waals surface area contributed by atoms with Gasteiger partial charge in [-0.15, -0.1) is 11.3 Å². The molecule has 0 spiro atoms. The lowest BCUT2D eigenvalue weighted by molar-refractivity contribution is -0.133. The molecule has 35 heavy (non-hydrogen) atoms. The third kappa shape index (κ3) is 3.85. The Morgan fingerprint density at radius 2 is 1.86 bits per heavy atom. The summed E-state index contributed by atoms with van der Waals surface area (Å²) in [6.07, 6.45) is 3.59. The number of nitrogens with one attached hydrogen (secondary N) is 2. The van der Waals surface area contributed by atoms with E-state index in [2.05, 4.69) is 10.6 Å². The van der Waals surface area contributed by atoms with Crippen molar-refractivity contribution in [1.29, 1.82) is 0 Å². The molecule has 180 valence electrons. The Labute approximate surface area is 206 Å². The number of nitrogens with zero attached hydrogens (tertiary/aromatic N) is 1. The van der Waals surface area contributed by atoms with E-state index in [9.17, 15) is 19.2 Å². The molecule has 5 rings (SSSR count). The average Bonchev–Trinajstić information content (AvgIpc) is 3.33. The number of hydrogen-bond acceptors (Lipinski definition) is 6. The van der Waals surface area contributed by atoms with Gasteiger partial charge in [-0.25, -0.2) is 9.59 Å². The quantitative estimate of drug-likeness (QED) is 0.415. The van der Waals surface area contributed by atoms with Crippen molar-refractivity contribution in [2.45, 2.75) is 38.1 Å². The van der Waals surface area contributed by atoms with Gasteiger partial charge < -0.3 is 15.4 Å². The molecule has 2 aromatic carbocycles. The molecule has 2 heterocycles. The fourth-order valence-electron chi connectivity index (χ4n) is 4.97. The van der Waals surface area contributed by atoms with Crippen molar-refractivity contribution in [2.75, 3.05) is 19.0 Å². The lowest BCUT2D eigenvalue weighted by Crippen LogP contribution is -2.42. The number of urea groups is 1. The van der Waals surface area contributed by atoms with Gasteiger partial charge in [-0.2, -0.15) is 0 Å². The smallest absolute Gasteiger partial charge is 0.341 e. The standard InChI is InChI=1S/C26H25N3O5S/c1-26(18-12-7-9-15-8-3-4-10-16(15)18)24(32)29(25(33)28-26)14-20(30)27-22-21(23(31)34-2)17-11-5-6-13-19(17)35-22/h3-4,7-10,12H,5-6,11,13-14H2,1-2H3,(H,27,30)(H,28,33). The van der Waals surface area contributed by atoms with E-state index in [-0.39, 0.29) is 0 Å². The zero-order chi connectivity index (χ0) is 24.7. The second kappa shape index (κ2) is 8.81. The van der Waals surface area contributed by atoms with Crippen LogP contribution in [-0.4, -0.2) is 42.4 Å². The Balaban J connectivity index is 1.39. The lowest BCUT2D eigenvalue weighted by Gasteiger charge is -2.24. The largest absolute Gasteiger partial charge is 0.465 e. The Kier molecular flexibility index (Phi) is 5.80. The molecule has 9 heteroatoms. The highest BCUT2D eigenvalue weighted by Crippen LogP contribution is 2.39. The molecule has 1 saturated heterocycles. The van der Waals surface area contributed by atoms with Crippen LogP contribution in [0.2, 0.25) is 0 Å². The average molecular weight is 492 g/mol. The number of esters is 1. The molecule has 1 atom stereocenters. The molecule has 4 amide bonds. The predicted octanol–water partition coefficient (Wildman–Crippen LogP) is 3.97. The number of anilines is 1. The maximum atomic E-state index is 13.4. The minimum atomic E-state index is -1.31. The van der Waals surface area contributed by atoms with E-state index in [0.29, 0.717) is 16.1 Å². The second-order valence-corrected chi connectivity index (χ2v) is 10.0. The van der Waals surface area contributed by atoms with Gasteiger partial charge in [0.1, 0.15) is 17.1 Å². The highest BCUT2D eigenvalue weighted by atomic mass is 32.1. The Bertz CT molecular complexity index is 1380. The first kappa shape index (κ1) is 23.0. The van der Waals surface area contributed by atoms with Crippen molar-refractivity contribution in [2.24, 2.45) is 0 Å². The number of imide groups is 1. The van der Waals surface area contributed by atoms with Gasteiger partial charge in [0, 0.05) is 4.88 Å². The number of ether oxygens (including phenoxy) is 1. The van der Waals surface area contributed by atoms with Crippen molar-refractivity contribution in [1.82, 2.24) is 10.2 Å². The summed E-state index contributed by atoms with van der Waals surface area (Å²) in [4.78, 5) is 53.7. The van der Waals surface area contributed by atoms with Crippen LogP contribution in [0, 0.1) is 0 Å².